The molecule has 0 N–H and O–H groups in total. The first-order valence-corrected chi connectivity index (χ1v) is 4.71. The molecule has 5 nitrogen and oxygen atoms in total. The molecular formula is C10H13N3O2. The van der Waals surface area contributed by atoms with Crippen LogP contribution in [0, 0.1) is 4.91 Å². The molecule has 80 valence electrons. The molecule has 0 amide bonds. The Morgan fingerprint density at radius 2 is 2.13 bits per heavy atom. The summed E-state index contributed by atoms with van der Waals surface area (Å²) in [7, 11) is 1.59. The van der Waals surface area contributed by atoms with E-state index in [1.54, 1.807) is 31.6 Å². The van der Waals surface area contributed by atoms with Gasteiger partial charge in [0.05, 0.1) is 5.29 Å². The summed E-state index contributed by atoms with van der Waals surface area (Å²) < 4.78 is 0. The average molecular weight is 207 g/mol. The number of aromatic nitrogens is 1. The van der Waals surface area contributed by atoms with Gasteiger partial charge in [0.25, 0.3) is 0 Å². The lowest BCUT2D eigenvalue weighted by Gasteiger charge is -2.06. The van der Waals surface area contributed by atoms with Crippen LogP contribution in [0.25, 0.3) is 0 Å². The monoisotopic (exact) mass is 207 g/mol. The van der Waals surface area contributed by atoms with Crippen molar-refractivity contribution in [1.29, 1.82) is 0 Å². The van der Waals surface area contributed by atoms with Gasteiger partial charge in [-0.2, -0.15) is 0 Å². The maximum absolute atomic E-state index is 11.6. The Kier molecular flexibility index (Phi) is 4.40. The molecule has 0 bridgehead atoms. The van der Waals surface area contributed by atoms with E-state index in [0.717, 1.165) is 0 Å². The molecule has 0 atom stereocenters. The Morgan fingerprint density at radius 3 is 2.73 bits per heavy atom. The van der Waals surface area contributed by atoms with Gasteiger partial charge in [0.1, 0.15) is 0 Å². The normalized spacial score (nSPS) is 9.67. The van der Waals surface area contributed by atoms with Gasteiger partial charge in [0, 0.05) is 38.0 Å². The molecule has 0 aliphatic rings. The number of pyridine rings is 1. The van der Waals surface area contributed by atoms with Crippen molar-refractivity contribution >= 4 is 5.78 Å². The molecule has 0 aromatic carbocycles. The first-order chi connectivity index (χ1) is 7.24. The number of carbonyl (C=O) groups is 1. The summed E-state index contributed by atoms with van der Waals surface area (Å²) in [6.07, 6.45) is 4.23. The SMILES string of the molecule is CN(CCCC(=O)c1ccncc1)N=O. The van der Waals surface area contributed by atoms with Crippen LogP contribution in [0.5, 0.6) is 0 Å². The zero-order valence-corrected chi connectivity index (χ0v) is 8.59. The van der Waals surface area contributed by atoms with Gasteiger partial charge in [0.2, 0.25) is 0 Å². The molecule has 1 rings (SSSR count). The average Bonchev–Trinajstić information content (AvgIpc) is 2.29. The number of nitrogens with zero attached hydrogens (tertiary/aromatic N) is 3. The van der Waals surface area contributed by atoms with Crippen molar-refractivity contribution in [3.8, 4) is 0 Å². The second-order valence-corrected chi connectivity index (χ2v) is 3.23. The fourth-order valence-corrected chi connectivity index (χ4v) is 1.19. The zero-order valence-electron chi connectivity index (χ0n) is 8.59. The molecule has 0 unspecified atom stereocenters. The number of nitroso groups, excluding NO2 is 1. The fourth-order valence-electron chi connectivity index (χ4n) is 1.19. The summed E-state index contributed by atoms with van der Waals surface area (Å²) in [6, 6.07) is 3.37. The Hall–Kier alpha value is -1.78. The molecule has 5 heteroatoms. The minimum absolute atomic E-state index is 0.0664. The van der Waals surface area contributed by atoms with Gasteiger partial charge in [-0.25, -0.2) is 0 Å². The summed E-state index contributed by atoms with van der Waals surface area (Å²) in [5, 5.41) is 4.00. The third-order valence-electron chi connectivity index (χ3n) is 2.03. The van der Waals surface area contributed by atoms with Gasteiger partial charge in [0.15, 0.2) is 5.78 Å². The number of rotatable bonds is 6. The number of carbonyl (C=O) groups excluding carboxylic acids is 1. The van der Waals surface area contributed by atoms with E-state index in [1.165, 1.54) is 5.01 Å². The highest BCUT2D eigenvalue weighted by Gasteiger charge is 2.05. The first kappa shape index (κ1) is 11.3. The quantitative estimate of drug-likeness (QED) is 0.404. The van der Waals surface area contributed by atoms with Crippen LogP contribution in [0.3, 0.4) is 0 Å². The van der Waals surface area contributed by atoms with Gasteiger partial charge >= 0.3 is 0 Å². The number of hydrogen-bond acceptors (Lipinski definition) is 4. The van der Waals surface area contributed by atoms with Crippen molar-refractivity contribution < 1.29 is 4.79 Å². The fraction of sp³-hybridized carbons (Fsp3) is 0.400. The smallest absolute Gasteiger partial charge is 0.163 e. The molecule has 0 radical (unpaired) electrons. The topological polar surface area (TPSA) is 62.6 Å². The van der Waals surface area contributed by atoms with Gasteiger partial charge < -0.3 is 0 Å². The van der Waals surface area contributed by atoms with Crippen molar-refractivity contribution in [2.75, 3.05) is 13.6 Å². The molecule has 0 aliphatic carbocycles. The third-order valence-corrected chi connectivity index (χ3v) is 2.03. The first-order valence-electron chi connectivity index (χ1n) is 4.71. The second kappa shape index (κ2) is 5.85. The predicted octanol–water partition coefficient (Wildman–Crippen LogP) is 1.66. The van der Waals surface area contributed by atoms with E-state index < -0.39 is 0 Å². The summed E-state index contributed by atoms with van der Waals surface area (Å²) in [6.45, 7) is 0.500. The third kappa shape index (κ3) is 3.84. The van der Waals surface area contributed by atoms with Gasteiger partial charge in [-0.15, -0.1) is 4.91 Å². The van der Waals surface area contributed by atoms with Crippen LogP contribution in [0.15, 0.2) is 29.8 Å². The van der Waals surface area contributed by atoms with E-state index in [-0.39, 0.29) is 5.78 Å². The Balaban J connectivity index is 2.34. The summed E-state index contributed by atoms with van der Waals surface area (Å²) in [5.74, 6) is 0.0664. The molecule has 15 heavy (non-hydrogen) atoms. The van der Waals surface area contributed by atoms with E-state index in [1.807, 2.05) is 0 Å². The highest BCUT2D eigenvalue weighted by molar-refractivity contribution is 5.95. The van der Waals surface area contributed by atoms with Crippen molar-refractivity contribution in [3.05, 3.63) is 35.0 Å². The minimum Gasteiger partial charge on any atom is -0.294 e. The van der Waals surface area contributed by atoms with E-state index in [0.29, 0.717) is 24.9 Å². The van der Waals surface area contributed by atoms with E-state index in [2.05, 4.69) is 10.3 Å². The van der Waals surface area contributed by atoms with Crippen LogP contribution < -0.4 is 0 Å². The Bertz CT molecular complexity index is 327. The van der Waals surface area contributed by atoms with Gasteiger partial charge in [-0.05, 0) is 18.6 Å². The van der Waals surface area contributed by atoms with Crippen molar-refractivity contribution in [2.24, 2.45) is 5.29 Å². The van der Waals surface area contributed by atoms with Crippen LogP contribution in [-0.2, 0) is 0 Å². The standard InChI is InChI=1S/C10H13N3O2/c1-13(12-15)8-2-3-10(14)9-4-6-11-7-5-9/h4-7H,2-3,8H2,1H3. The Labute approximate surface area is 88.1 Å². The molecule has 0 fully saturated rings. The highest BCUT2D eigenvalue weighted by Crippen LogP contribution is 2.04. The maximum atomic E-state index is 11.6. The summed E-state index contributed by atoms with van der Waals surface area (Å²) >= 11 is 0. The summed E-state index contributed by atoms with van der Waals surface area (Å²) in [4.78, 5) is 25.4. The zero-order chi connectivity index (χ0) is 11.1. The van der Waals surface area contributed by atoms with E-state index in [9.17, 15) is 9.70 Å². The van der Waals surface area contributed by atoms with Crippen molar-refractivity contribution in [3.63, 3.8) is 0 Å². The Morgan fingerprint density at radius 1 is 1.47 bits per heavy atom. The number of Topliss-reactive ketones (excluding diaryl/α,β-unsaturated/α-hetero) is 1. The predicted molar refractivity (Wildman–Crippen MR) is 56.2 cm³/mol. The van der Waals surface area contributed by atoms with Crippen LogP contribution >= 0.6 is 0 Å². The lowest BCUT2D eigenvalue weighted by molar-refractivity contribution is 0.0976. The molecule has 1 aromatic rings. The molecule has 0 spiro atoms. The molecule has 1 heterocycles. The van der Waals surface area contributed by atoms with Crippen LogP contribution in [-0.4, -0.2) is 29.4 Å². The molecule has 1 aromatic heterocycles. The highest BCUT2D eigenvalue weighted by atomic mass is 16.3. The molecular weight excluding hydrogens is 194 g/mol. The number of ketones is 1. The largest absolute Gasteiger partial charge is 0.294 e. The number of hydrogen-bond donors (Lipinski definition) is 0. The van der Waals surface area contributed by atoms with E-state index in [4.69, 9.17) is 0 Å². The lowest BCUT2D eigenvalue weighted by atomic mass is 10.1. The van der Waals surface area contributed by atoms with Crippen molar-refractivity contribution in [2.45, 2.75) is 12.8 Å². The lowest BCUT2D eigenvalue weighted by Crippen LogP contribution is -2.12. The second-order valence-electron chi connectivity index (χ2n) is 3.23. The van der Waals surface area contributed by atoms with Crippen LogP contribution in [0.4, 0.5) is 0 Å². The van der Waals surface area contributed by atoms with Crippen LogP contribution in [0.1, 0.15) is 23.2 Å². The molecule has 0 saturated carbocycles. The maximum Gasteiger partial charge on any atom is 0.163 e. The van der Waals surface area contributed by atoms with Gasteiger partial charge in [-0.1, -0.05) is 0 Å². The molecule has 0 aliphatic heterocycles. The van der Waals surface area contributed by atoms with Crippen molar-refractivity contribution in [1.82, 2.24) is 9.99 Å². The minimum atomic E-state index is 0.0664. The van der Waals surface area contributed by atoms with Crippen LogP contribution in [0.2, 0.25) is 0 Å². The van der Waals surface area contributed by atoms with E-state index >= 15 is 0 Å². The molecule has 0 saturated heterocycles. The summed E-state index contributed by atoms with van der Waals surface area (Å²) in [5.41, 5.74) is 0.659. The van der Waals surface area contributed by atoms with Gasteiger partial charge in [-0.3, -0.25) is 14.8 Å².